The summed E-state index contributed by atoms with van der Waals surface area (Å²) in [6.45, 7) is 0.397. The molecule has 0 amide bonds. The third-order valence-corrected chi connectivity index (χ3v) is 2.36. The summed E-state index contributed by atoms with van der Waals surface area (Å²) in [6.07, 6.45) is 0. The van der Waals surface area contributed by atoms with E-state index in [0.717, 1.165) is 11.4 Å². The number of hydrogen-bond donors (Lipinski definition) is 1. The van der Waals surface area contributed by atoms with Crippen molar-refractivity contribution in [3.8, 4) is 17.4 Å². The number of nitrogens with zero attached hydrogens (tertiary/aromatic N) is 2. The van der Waals surface area contributed by atoms with Crippen LogP contribution in [0.15, 0.2) is 28.8 Å². The van der Waals surface area contributed by atoms with Crippen LogP contribution in [0.4, 0.5) is 0 Å². The van der Waals surface area contributed by atoms with Gasteiger partial charge in [-0.1, -0.05) is 0 Å². The smallest absolute Gasteiger partial charge is 0.253 e. The van der Waals surface area contributed by atoms with Crippen molar-refractivity contribution in [1.29, 1.82) is 0 Å². The summed E-state index contributed by atoms with van der Waals surface area (Å²) in [5, 5.41) is 18.0. The van der Waals surface area contributed by atoms with E-state index in [1.54, 1.807) is 38.4 Å². The van der Waals surface area contributed by atoms with E-state index in [1.807, 2.05) is 0 Å². The highest BCUT2D eigenvalue weighted by molar-refractivity contribution is 5.85. The van der Waals surface area contributed by atoms with Crippen LogP contribution < -0.4 is 19.8 Å². The number of aromatic nitrogens is 2. The fourth-order valence-corrected chi connectivity index (χ4v) is 1.51. The van der Waals surface area contributed by atoms with Crippen molar-refractivity contribution < 1.29 is 19.0 Å². The highest BCUT2D eigenvalue weighted by Crippen LogP contribution is 2.13. The first kappa shape index (κ1) is 14.3. The lowest BCUT2D eigenvalue weighted by atomic mass is 10.3. The highest BCUT2D eigenvalue weighted by Gasteiger charge is 2.19. The van der Waals surface area contributed by atoms with E-state index in [2.05, 4.69) is 15.1 Å². The minimum Gasteiger partial charge on any atom is -0.539 e. The van der Waals surface area contributed by atoms with Gasteiger partial charge in [-0.25, -0.2) is 0 Å². The molecule has 1 heterocycles. The molecule has 1 aromatic heterocycles. The topological polar surface area (TPSA) is 74.2 Å². The van der Waals surface area contributed by atoms with Crippen LogP contribution in [0, 0.1) is 0 Å². The molecule has 98 valence electrons. The van der Waals surface area contributed by atoms with Gasteiger partial charge in [-0.2, -0.15) is 0 Å². The highest BCUT2D eigenvalue weighted by atomic mass is 35.5. The van der Waals surface area contributed by atoms with Crippen LogP contribution in [0.25, 0.3) is 5.69 Å². The average Bonchev–Trinajstić information content (AvgIpc) is 2.72. The fourth-order valence-electron chi connectivity index (χ4n) is 1.51. The first-order valence-corrected chi connectivity index (χ1v) is 5.13. The Morgan fingerprint density at radius 3 is 2.61 bits per heavy atom. The van der Waals surface area contributed by atoms with E-state index in [0.29, 0.717) is 12.2 Å². The first-order valence-electron chi connectivity index (χ1n) is 5.13. The van der Waals surface area contributed by atoms with Gasteiger partial charge in [0.1, 0.15) is 5.75 Å². The molecule has 0 bridgehead atoms. The second-order valence-corrected chi connectivity index (χ2v) is 3.45. The summed E-state index contributed by atoms with van der Waals surface area (Å²) in [5.41, 5.74) is 1.21. The van der Waals surface area contributed by atoms with Gasteiger partial charge in [-0.05, 0) is 23.9 Å². The maximum absolute atomic E-state index is 11.4. The maximum Gasteiger partial charge on any atom is 0.253 e. The number of rotatable bonds is 4. The molecule has 0 radical (unpaired) electrons. The van der Waals surface area contributed by atoms with E-state index in [4.69, 9.17) is 4.74 Å². The predicted molar refractivity (Wildman–Crippen MR) is 64.0 cm³/mol. The van der Waals surface area contributed by atoms with Gasteiger partial charge in [0, 0.05) is 12.1 Å². The van der Waals surface area contributed by atoms with Crippen molar-refractivity contribution in [2.75, 3.05) is 14.2 Å². The lowest BCUT2D eigenvalue weighted by Gasteiger charge is -1.99. The van der Waals surface area contributed by atoms with Crippen LogP contribution in [0.5, 0.6) is 11.7 Å². The molecule has 7 heteroatoms. The van der Waals surface area contributed by atoms with E-state index >= 15 is 0 Å². The molecule has 0 aliphatic heterocycles. The minimum atomic E-state index is -0.435. The molecule has 1 N–H and O–H groups in total. The van der Waals surface area contributed by atoms with Crippen molar-refractivity contribution in [3.05, 3.63) is 30.0 Å². The molecular weight excluding hydrogens is 258 g/mol. The molecule has 0 aliphatic carbocycles. The molecule has 0 fully saturated rings. The van der Waals surface area contributed by atoms with Crippen LogP contribution in [0.1, 0.15) is 5.69 Å². The Morgan fingerprint density at radius 2 is 2.06 bits per heavy atom. The quantitative estimate of drug-likeness (QED) is 0.803. The Hall–Kier alpha value is -1.79. The van der Waals surface area contributed by atoms with E-state index < -0.39 is 5.95 Å². The predicted octanol–water partition coefficient (Wildman–Crippen LogP) is 0.175. The second-order valence-electron chi connectivity index (χ2n) is 3.45. The maximum atomic E-state index is 11.4. The average molecular weight is 272 g/mol. The van der Waals surface area contributed by atoms with Crippen LogP contribution in [0.3, 0.4) is 0 Å². The molecule has 0 aliphatic rings. The summed E-state index contributed by atoms with van der Waals surface area (Å²) in [7, 11) is 3.35. The molecule has 0 saturated heterocycles. The summed E-state index contributed by atoms with van der Waals surface area (Å²) < 4.78 is 11.2. The third-order valence-electron chi connectivity index (χ3n) is 2.36. The summed E-state index contributed by atoms with van der Waals surface area (Å²) in [4.78, 5) is 0. The number of hydrogen-bond acceptors (Lipinski definition) is 5. The van der Waals surface area contributed by atoms with Crippen molar-refractivity contribution >= 4 is 12.4 Å². The summed E-state index contributed by atoms with van der Waals surface area (Å²) in [6, 6.07) is 7.20. The van der Waals surface area contributed by atoms with Gasteiger partial charge >= 0.3 is 0 Å². The molecule has 0 spiro atoms. The molecule has 18 heavy (non-hydrogen) atoms. The van der Waals surface area contributed by atoms with Gasteiger partial charge in [-0.3, -0.25) is 0 Å². The summed E-state index contributed by atoms with van der Waals surface area (Å²) in [5.74, 6) is 0.311. The van der Waals surface area contributed by atoms with Gasteiger partial charge in [0.15, 0.2) is 5.95 Å². The Balaban J connectivity index is 0.00000162. The zero-order valence-corrected chi connectivity index (χ0v) is 10.9. The largest absolute Gasteiger partial charge is 0.539 e. The van der Waals surface area contributed by atoms with Crippen molar-refractivity contribution in [3.63, 3.8) is 0 Å². The van der Waals surface area contributed by atoms with Gasteiger partial charge in [0.2, 0.25) is 5.69 Å². The third kappa shape index (κ3) is 2.72. The van der Waals surface area contributed by atoms with Gasteiger partial charge in [0.05, 0.1) is 18.9 Å². The normalized spacial score (nSPS) is 9.89. The Labute approximate surface area is 111 Å². The Kier molecular flexibility index (Phi) is 4.94. The van der Waals surface area contributed by atoms with Gasteiger partial charge in [-0.15, -0.1) is 12.4 Å². The molecule has 1 aromatic carbocycles. The van der Waals surface area contributed by atoms with Crippen LogP contribution >= 0.6 is 12.4 Å². The molecule has 0 unspecified atom stereocenters. The Morgan fingerprint density at radius 1 is 1.39 bits per heavy atom. The zero-order valence-electron chi connectivity index (χ0n) is 10.0. The number of ether oxygens (including phenoxy) is 1. The first-order chi connectivity index (χ1) is 8.26. The standard InChI is InChI=1S/C11H13N3O3.ClH/c1-12-7-10-11(15)17-13-14(10)8-3-5-9(16-2)6-4-8;/h3-6,12H,7H2,1-2H3;1H. The van der Waals surface area contributed by atoms with Crippen LogP contribution in [0.2, 0.25) is 0 Å². The summed E-state index contributed by atoms with van der Waals surface area (Å²) >= 11 is 0. The Bertz CT molecular complexity index is 499. The van der Waals surface area contributed by atoms with E-state index in [-0.39, 0.29) is 12.4 Å². The number of halogens is 1. The lowest BCUT2D eigenvalue weighted by Crippen LogP contribution is -2.38. The molecule has 2 rings (SSSR count). The van der Waals surface area contributed by atoms with Crippen LogP contribution in [-0.2, 0) is 6.54 Å². The fraction of sp³-hybridized carbons (Fsp3) is 0.273. The van der Waals surface area contributed by atoms with Crippen molar-refractivity contribution in [1.82, 2.24) is 10.6 Å². The number of methoxy groups -OCH3 is 1. The molecule has 0 saturated carbocycles. The second kappa shape index (κ2) is 6.23. The van der Waals surface area contributed by atoms with Crippen molar-refractivity contribution in [2.24, 2.45) is 0 Å². The number of nitrogens with one attached hydrogen (secondary N) is 1. The zero-order chi connectivity index (χ0) is 12.3. The van der Waals surface area contributed by atoms with Crippen LogP contribution in [-0.4, -0.2) is 19.4 Å². The van der Waals surface area contributed by atoms with Gasteiger partial charge < -0.3 is 19.7 Å². The molecule has 6 nitrogen and oxygen atoms in total. The van der Waals surface area contributed by atoms with Crippen molar-refractivity contribution in [2.45, 2.75) is 6.54 Å². The molecule has 0 atom stereocenters. The number of benzene rings is 1. The minimum absolute atomic E-state index is 0. The van der Waals surface area contributed by atoms with Gasteiger partial charge in [0.25, 0.3) is 5.69 Å². The van der Waals surface area contributed by atoms with E-state index in [1.165, 1.54) is 4.68 Å². The molecular formula is C11H14ClN3O3. The molecule has 2 aromatic rings. The lowest BCUT2D eigenvalue weighted by molar-refractivity contribution is -0.677. The van der Waals surface area contributed by atoms with E-state index in [9.17, 15) is 5.11 Å². The monoisotopic (exact) mass is 271 g/mol. The SMILES string of the molecule is CNCc1c([O-])on[n+]1-c1ccc(OC)cc1.Cl.